The fourth-order valence-corrected chi connectivity index (χ4v) is 3.53. The van der Waals surface area contributed by atoms with Crippen LogP contribution < -0.4 is 10.6 Å². The van der Waals surface area contributed by atoms with Gasteiger partial charge in [0.15, 0.2) is 5.96 Å². The Morgan fingerprint density at radius 1 is 1.44 bits per heavy atom. The van der Waals surface area contributed by atoms with E-state index in [9.17, 15) is 4.79 Å². The molecule has 0 aromatic heterocycles. The maximum atomic E-state index is 12.0. The van der Waals surface area contributed by atoms with Gasteiger partial charge in [-0.3, -0.25) is 4.99 Å². The molecule has 2 N–H and O–H groups in total. The Hall–Kier alpha value is -0.380. The number of aliphatic imine (C=N–C) groups is 1. The van der Waals surface area contributed by atoms with Crippen LogP contribution in [0.15, 0.2) is 4.99 Å². The lowest BCUT2D eigenvalue weighted by Crippen LogP contribution is -2.47. The average molecular weight is 486 g/mol. The maximum absolute atomic E-state index is 12.0. The molecule has 148 valence electrons. The smallest absolute Gasteiger partial charge is 0.410 e. The van der Waals surface area contributed by atoms with E-state index in [1.165, 1.54) is 18.6 Å². The third-order valence-corrected chi connectivity index (χ3v) is 4.85. The molecule has 2 unspecified atom stereocenters. The van der Waals surface area contributed by atoms with Gasteiger partial charge in [-0.05, 0) is 45.3 Å². The molecule has 0 bridgehead atoms. The molecule has 6 nitrogen and oxygen atoms in total. The van der Waals surface area contributed by atoms with Gasteiger partial charge in [-0.15, -0.1) is 24.0 Å². The molecule has 1 fully saturated rings. The molecule has 0 aliphatic carbocycles. The molecule has 1 aliphatic heterocycles. The Morgan fingerprint density at radius 3 is 2.64 bits per heavy atom. The highest BCUT2D eigenvalue weighted by Crippen LogP contribution is 2.16. The van der Waals surface area contributed by atoms with E-state index >= 15 is 0 Å². The summed E-state index contributed by atoms with van der Waals surface area (Å²) in [5.74, 6) is 3.53. The van der Waals surface area contributed by atoms with Crippen molar-refractivity contribution in [3.63, 3.8) is 0 Å². The molecule has 0 spiro atoms. The summed E-state index contributed by atoms with van der Waals surface area (Å²) in [6.45, 7) is 9.14. The van der Waals surface area contributed by atoms with Gasteiger partial charge in [0.25, 0.3) is 0 Å². The molecule has 25 heavy (non-hydrogen) atoms. The van der Waals surface area contributed by atoms with Crippen LogP contribution >= 0.6 is 35.7 Å². The number of hydrogen-bond acceptors (Lipinski definition) is 4. The average Bonchev–Trinajstić information content (AvgIpc) is 2.50. The Labute approximate surface area is 174 Å². The first-order chi connectivity index (χ1) is 11.2. The van der Waals surface area contributed by atoms with Crippen molar-refractivity contribution < 1.29 is 9.53 Å². The number of carbonyl (C=O) groups excluding carboxylic acids is 1. The summed E-state index contributed by atoms with van der Waals surface area (Å²) in [7, 11) is 3.57. The van der Waals surface area contributed by atoms with E-state index in [0.29, 0.717) is 18.5 Å². The molecule has 0 radical (unpaired) electrons. The van der Waals surface area contributed by atoms with Gasteiger partial charge >= 0.3 is 6.09 Å². The van der Waals surface area contributed by atoms with E-state index < -0.39 is 5.60 Å². The van der Waals surface area contributed by atoms with E-state index in [-0.39, 0.29) is 30.1 Å². The highest BCUT2D eigenvalue weighted by molar-refractivity contribution is 14.0. The number of ether oxygens (including phenoxy) is 1. The van der Waals surface area contributed by atoms with E-state index in [1.54, 1.807) is 19.0 Å². The summed E-state index contributed by atoms with van der Waals surface area (Å²) in [5.41, 5.74) is -0.462. The SMILES string of the molecule is CN=C(NCC(C)CN(C)C(=O)OC(C)(C)C)NC1CCCSC1.I. The molecule has 0 aromatic carbocycles. The van der Waals surface area contributed by atoms with Crippen molar-refractivity contribution in [1.29, 1.82) is 0 Å². The van der Waals surface area contributed by atoms with Crippen LogP contribution in [0.5, 0.6) is 0 Å². The highest BCUT2D eigenvalue weighted by Gasteiger charge is 2.21. The van der Waals surface area contributed by atoms with Gasteiger partial charge in [0.1, 0.15) is 5.60 Å². The summed E-state index contributed by atoms with van der Waals surface area (Å²) in [6, 6.07) is 0.495. The van der Waals surface area contributed by atoms with Gasteiger partial charge in [-0.25, -0.2) is 4.79 Å². The lowest BCUT2D eigenvalue weighted by Gasteiger charge is -2.27. The second-order valence-corrected chi connectivity index (χ2v) is 8.63. The number of thioether (sulfide) groups is 1. The van der Waals surface area contributed by atoms with E-state index in [4.69, 9.17) is 4.74 Å². The van der Waals surface area contributed by atoms with Gasteiger partial charge in [-0.2, -0.15) is 11.8 Å². The number of rotatable bonds is 5. The predicted octanol–water partition coefficient (Wildman–Crippen LogP) is 3.17. The van der Waals surface area contributed by atoms with Crippen molar-refractivity contribution in [2.45, 2.75) is 52.2 Å². The van der Waals surface area contributed by atoms with Gasteiger partial charge in [0, 0.05) is 39.0 Å². The summed E-state index contributed by atoms with van der Waals surface area (Å²) < 4.78 is 5.38. The number of guanidine groups is 1. The molecule has 1 heterocycles. The molecular weight excluding hydrogens is 451 g/mol. The number of nitrogens with zero attached hydrogens (tertiary/aromatic N) is 2. The van der Waals surface area contributed by atoms with Gasteiger partial charge in [0.2, 0.25) is 0 Å². The summed E-state index contributed by atoms with van der Waals surface area (Å²) in [4.78, 5) is 17.9. The molecule has 1 rings (SSSR count). The Kier molecular flexibility index (Phi) is 11.9. The standard InChI is InChI=1S/C17H34N4O2S.HI/c1-13(11-21(6)16(22)23-17(2,3)4)10-19-15(18-5)20-14-8-7-9-24-12-14;/h13-14H,7-12H2,1-6H3,(H2,18,19,20);1H. The van der Waals surface area contributed by atoms with Gasteiger partial charge < -0.3 is 20.3 Å². The van der Waals surface area contributed by atoms with Crippen LogP contribution in [0.1, 0.15) is 40.5 Å². The fraction of sp³-hybridized carbons (Fsp3) is 0.882. The summed E-state index contributed by atoms with van der Waals surface area (Å²) >= 11 is 1.99. The number of hydrogen-bond donors (Lipinski definition) is 2. The minimum atomic E-state index is -0.462. The topological polar surface area (TPSA) is 66.0 Å². The number of amides is 1. The Bertz CT molecular complexity index is 423. The van der Waals surface area contributed by atoms with Crippen molar-refractivity contribution in [3.8, 4) is 0 Å². The molecule has 1 amide bonds. The van der Waals surface area contributed by atoms with Crippen LogP contribution in [0.3, 0.4) is 0 Å². The second kappa shape index (κ2) is 12.1. The van der Waals surface area contributed by atoms with Gasteiger partial charge in [-0.1, -0.05) is 6.92 Å². The lowest BCUT2D eigenvalue weighted by molar-refractivity contribution is 0.0278. The van der Waals surface area contributed by atoms with Crippen LogP contribution in [0, 0.1) is 5.92 Å². The van der Waals surface area contributed by atoms with Crippen LogP contribution in [0.2, 0.25) is 0 Å². The molecule has 0 aromatic rings. The molecule has 2 atom stereocenters. The van der Waals surface area contributed by atoms with Crippen LogP contribution in [0.4, 0.5) is 4.79 Å². The quantitative estimate of drug-likeness (QED) is 0.355. The van der Waals surface area contributed by atoms with Crippen LogP contribution in [0.25, 0.3) is 0 Å². The van der Waals surface area contributed by atoms with Crippen LogP contribution in [-0.4, -0.2) is 67.3 Å². The molecule has 1 aliphatic rings. The monoisotopic (exact) mass is 486 g/mol. The van der Waals surface area contributed by atoms with E-state index in [2.05, 4.69) is 22.5 Å². The van der Waals surface area contributed by atoms with Crippen molar-refractivity contribution in [1.82, 2.24) is 15.5 Å². The minimum Gasteiger partial charge on any atom is -0.444 e. The van der Waals surface area contributed by atoms with Crippen molar-refractivity contribution in [2.24, 2.45) is 10.9 Å². The minimum absolute atomic E-state index is 0. The van der Waals surface area contributed by atoms with Gasteiger partial charge in [0.05, 0.1) is 0 Å². The molecule has 8 heteroatoms. The van der Waals surface area contributed by atoms with E-state index in [0.717, 1.165) is 18.3 Å². The summed E-state index contributed by atoms with van der Waals surface area (Å²) in [5, 5.41) is 6.84. The highest BCUT2D eigenvalue weighted by atomic mass is 127. The molecule has 1 saturated heterocycles. The predicted molar refractivity (Wildman–Crippen MR) is 118 cm³/mol. The first kappa shape index (κ1) is 24.6. The Balaban J connectivity index is 0.00000576. The third kappa shape index (κ3) is 11.0. The molecular formula is C17H35IN4O2S. The number of carbonyl (C=O) groups is 1. The Morgan fingerprint density at radius 2 is 2.12 bits per heavy atom. The number of halogens is 1. The first-order valence-electron chi connectivity index (χ1n) is 8.70. The number of nitrogens with one attached hydrogen (secondary N) is 2. The van der Waals surface area contributed by atoms with Crippen LogP contribution in [-0.2, 0) is 4.74 Å². The summed E-state index contributed by atoms with van der Waals surface area (Å²) in [6.07, 6.45) is 2.18. The third-order valence-electron chi connectivity index (χ3n) is 3.63. The van der Waals surface area contributed by atoms with Crippen molar-refractivity contribution >= 4 is 47.8 Å². The lowest BCUT2D eigenvalue weighted by atomic mass is 10.1. The molecule has 0 saturated carbocycles. The first-order valence-corrected chi connectivity index (χ1v) is 9.85. The van der Waals surface area contributed by atoms with Crippen molar-refractivity contribution in [2.75, 3.05) is 38.7 Å². The normalized spacial score (nSPS) is 19.4. The van der Waals surface area contributed by atoms with E-state index in [1.807, 2.05) is 32.5 Å². The maximum Gasteiger partial charge on any atom is 0.410 e. The zero-order valence-electron chi connectivity index (χ0n) is 16.4. The largest absolute Gasteiger partial charge is 0.444 e. The fourth-order valence-electron chi connectivity index (χ4n) is 2.46. The zero-order valence-corrected chi connectivity index (χ0v) is 19.6. The zero-order chi connectivity index (χ0) is 18.2. The second-order valence-electron chi connectivity index (χ2n) is 7.48. The van der Waals surface area contributed by atoms with Crippen molar-refractivity contribution in [3.05, 3.63) is 0 Å².